The molecular formula is C7H6F3N5O. The summed E-state index contributed by atoms with van der Waals surface area (Å²) in [6.45, 7) is 0. The molecule has 1 unspecified atom stereocenters. The number of fused-ring (bicyclic) bond motifs is 1. The lowest BCUT2D eigenvalue weighted by molar-refractivity contribution is 0.431. The fourth-order valence-electron chi connectivity index (χ4n) is 1.15. The molecule has 1 aromatic rings. The first kappa shape index (κ1) is 10.5. The van der Waals surface area contributed by atoms with Crippen molar-refractivity contribution in [1.29, 1.82) is 0 Å². The van der Waals surface area contributed by atoms with Gasteiger partial charge in [-0.2, -0.15) is 14.5 Å². The van der Waals surface area contributed by atoms with Crippen LogP contribution < -0.4 is 16.0 Å². The van der Waals surface area contributed by atoms with Crippen LogP contribution in [-0.4, -0.2) is 29.3 Å². The van der Waals surface area contributed by atoms with E-state index >= 15 is 0 Å². The van der Waals surface area contributed by atoms with Crippen LogP contribution in [0.4, 0.5) is 30.7 Å². The van der Waals surface area contributed by atoms with E-state index in [2.05, 4.69) is 9.98 Å². The summed E-state index contributed by atoms with van der Waals surface area (Å²) in [4.78, 5) is 20.0. The molecule has 1 aromatic heterocycles. The smallest absolute Gasteiger partial charge is 0.280 e. The lowest BCUT2D eigenvalue weighted by Crippen LogP contribution is -2.28. The van der Waals surface area contributed by atoms with Gasteiger partial charge >= 0.3 is 0 Å². The Morgan fingerprint density at radius 3 is 2.81 bits per heavy atom. The first-order valence-corrected chi connectivity index (χ1v) is 4.17. The molecule has 0 radical (unpaired) electrons. The molecular weight excluding hydrogens is 227 g/mol. The maximum atomic E-state index is 12.8. The third kappa shape index (κ3) is 1.59. The number of H-pyrrole nitrogens is 1. The first-order valence-electron chi connectivity index (χ1n) is 4.17. The number of rotatable bonds is 1. The summed E-state index contributed by atoms with van der Waals surface area (Å²) >= 11 is 0. The van der Waals surface area contributed by atoms with E-state index in [4.69, 9.17) is 0 Å². The Balaban J connectivity index is 2.59. The maximum Gasteiger partial charge on any atom is 0.280 e. The van der Waals surface area contributed by atoms with Crippen LogP contribution in [0.15, 0.2) is 9.79 Å². The van der Waals surface area contributed by atoms with Crippen molar-refractivity contribution in [3.05, 3.63) is 10.4 Å². The fraction of sp³-hybridized carbons (Fsp3) is 0.286. The van der Waals surface area contributed by atoms with Crippen LogP contribution in [0.1, 0.15) is 0 Å². The number of aliphatic imine (C=N–C) groups is 1. The molecule has 0 fully saturated rings. The molecule has 86 valence electrons. The summed E-state index contributed by atoms with van der Waals surface area (Å²) in [5.74, 6) is -2.11. The van der Waals surface area contributed by atoms with Crippen molar-refractivity contribution < 1.29 is 13.3 Å². The Kier molecular flexibility index (Phi) is 2.29. The molecule has 2 heterocycles. The van der Waals surface area contributed by atoms with Crippen LogP contribution in [-0.2, 0) is 0 Å². The van der Waals surface area contributed by atoms with E-state index in [0.717, 1.165) is 7.05 Å². The molecule has 2 rings (SSSR count). The first-order chi connectivity index (χ1) is 7.49. The number of nitrogens with zero attached hydrogens (tertiary/aromatic N) is 3. The second-order valence-corrected chi connectivity index (χ2v) is 3.01. The van der Waals surface area contributed by atoms with Crippen LogP contribution in [0.25, 0.3) is 0 Å². The Hall–Kier alpha value is -2.06. The molecule has 0 saturated carbocycles. The number of aromatic nitrogens is 2. The third-order valence-corrected chi connectivity index (χ3v) is 1.87. The van der Waals surface area contributed by atoms with Crippen molar-refractivity contribution in [1.82, 2.24) is 9.97 Å². The number of hydrogen-bond acceptors (Lipinski definition) is 5. The second kappa shape index (κ2) is 3.51. The Morgan fingerprint density at radius 2 is 2.19 bits per heavy atom. The average Bonchev–Trinajstić information content (AvgIpc) is 2.20. The Labute approximate surface area is 86.8 Å². The van der Waals surface area contributed by atoms with Gasteiger partial charge in [0.25, 0.3) is 5.56 Å². The van der Waals surface area contributed by atoms with Crippen molar-refractivity contribution in [2.24, 2.45) is 4.99 Å². The highest BCUT2D eigenvalue weighted by molar-refractivity contribution is 5.89. The molecule has 0 aromatic carbocycles. The third-order valence-electron chi connectivity index (χ3n) is 1.87. The number of halogens is 3. The van der Waals surface area contributed by atoms with Gasteiger partial charge in [-0.15, -0.1) is 0 Å². The molecule has 0 saturated heterocycles. The van der Waals surface area contributed by atoms with Crippen molar-refractivity contribution in [2.45, 2.75) is 6.30 Å². The molecule has 16 heavy (non-hydrogen) atoms. The van der Waals surface area contributed by atoms with Crippen molar-refractivity contribution in [2.75, 3.05) is 17.5 Å². The zero-order valence-corrected chi connectivity index (χ0v) is 7.96. The van der Waals surface area contributed by atoms with Gasteiger partial charge in [0.2, 0.25) is 18.2 Å². The van der Waals surface area contributed by atoms with Crippen molar-refractivity contribution in [3.63, 3.8) is 0 Å². The Bertz CT molecular complexity index is 511. The van der Waals surface area contributed by atoms with Gasteiger partial charge in [-0.25, -0.2) is 9.38 Å². The van der Waals surface area contributed by atoms with Crippen LogP contribution in [0.2, 0.25) is 0 Å². The van der Waals surface area contributed by atoms with E-state index < -0.39 is 29.5 Å². The van der Waals surface area contributed by atoms with Gasteiger partial charge in [-0.05, 0) is 0 Å². The van der Waals surface area contributed by atoms with Crippen molar-refractivity contribution in [3.8, 4) is 0 Å². The van der Waals surface area contributed by atoms with Gasteiger partial charge in [0.1, 0.15) is 0 Å². The highest BCUT2D eigenvalue weighted by Crippen LogP contribution is 2.25. The molecule has 0 aliphatic carbocycles. The van der Waals surface area contributed by atoms with Crippen molar-refractivity contribution >= 4 is 23.4 Å². The van der Waals surface area contributed by atoms with E-state index in [-0.39, 0.29) is 10.9 Å². The van der Waals surface area contributed by atoms with Gasteiger partial charge in [-0.1, -0.05) is 4.48 Å². The van der Waals surface area contributed by atoms with E-state index in [1.54, 1.807) is 0 Å². The number of anilines is 2. The topological polar surface area (TPSA) is 73.4 Å². The van der Waals surface area contributed by atoms with Gasteiger partial charge < -0.3 is 5.32 Å². The van der Waals surface area contributed by atoms with Crippen LogP contribution in [0.3, 0.4) is 0 Å². The minimum absolute atomic E-state index is 0.0330. The normalized spacial score (nSPS) is 18.5. The molecule has 1 aliphatic rings. The highest BCUT2D eigenvalue weighted by Gasteiger charge is 2.25. The second-order valence-electron chi connectivity index (χ2n) is 3.01. The van der Waals surface area contributed by atoms with E-state index in [9.17, 15) is 18.1 Å². The van der Waals surface area contributed by atoms with Crippen LogP contribution in [0, 0.1) is 0 Å². The molecule has 1 aliphatic heterocycles. The number of nitrogens with one attached hydrogen (secondary N) is 2. The number of hydrogen-bond donors (Lipinski definition) is 2. The molecule has 6 nitrogen and oxygen atoms in total. The predicted octanol–water partition coefficient (Wildman–Crippen LogP) is 0.811. The molecule has 1 atom stereocenters. The van der Waals surface area contributed by atoms with Crippen LogP contribution >= 0.6 is 0 Å². The molecule has 9 heteroatoms. The van der Waals surface area contributed by atoms with Gasteiger partial charge in [0.15, 0.2) is 11.5 Å². The standard InChI is InChI=1S/C7H6F3N5O/c1-15(10)7-13-5-2(6(16)14-7)11-3(8)4(9)12-5/h4H,1H3,(H2,12,13,14,16). The maximum absolute atomic E-state index is 12.8. The summed E-state index contributed by atoms with van der Waals surface area (Å²) < 4.78 is 38.3. The fourth-order valence-corrected chi connectivity index (χ4v) is 1.15. The number of alkyl halides is 1. The Morgan fingerprint density at radius 1 is 1.50 bits per heavy atom. The minimum atomic E-state index is -2.18. The molecule has 0 bridgehead atoms. The zero-order valence-electron chi connectivity index (χ0n) is 7.96. The lowest BCUT2D eigenvalue weighted by Gasteiger charge is -2.16. The lowest BCUT2D eigenvalue weighted by atomic mass is 10.4. The average molecular weight is 233 g/mol. The largest absolute Gasteiger partial charge is 0.332 e. The highest BCUT2D eigenvalue weighted by atomic mass is 19.2. The molecule has 0 spiro atoms. The quantitative estimate of drug-likeness (QED) is 0.556. The minimum Gasteiger partial charge on any atom is -0.332 e. The number of aromatic amines is 1. The summed E-state index contributed by atoms with van der Waals surface area (Å²) in [7, 11) is 0.990. The van der Waals surface area contributed by atoms with Gasteiger partial charge in [-0.3, -0.25) is 9.78 Å². The monoisotopic (exact) mass is 233 g/mol. The van der Waals surface area contributed by atoms with E-state index in [1.807, 2.05) is 10.3 Å². The van der Waals surface area contributed by atoms with E-state index in [1.165, 1.54) is 0 Å². The summed E-state index contributed by atoms with van der Waals surface area (Å²) in [5, 5.41) is 1.98. The summed E-state index contributed by atoms with van der Waals surface area (Å²) in [6.07, 6.45) is -2.18. The molecule has 0 amide bonds. The summed E-state index contributed by atoms with van der Waals surface area (Å²) in [5.41, 5.74) is -1.28. The predicted molar refractivity (Wildman–Crippen MR) is 51.1 cm³/mol. The summed E-state index contributed by atoms with van der Waals surface area (Å²) in [6, 6.07) is 0. The molecule has 2 N–H and O–H groups in total. The SMILES string of the molecule is CN(F)c1nc2c(c(=O)[nH]1)N=C(F)C(F)N2. The zero-order chi connectivity index (χ0) is 11.9. The van der Waals surface area contributed by atoms with Crippen LogP contribution in [0.5, 0.6) is 0 Å². The van der Waals surface area contributed by atoms with E-state index in [0.29, 0.717) is 0 Å². The van der Waals surface area contributed by atoms with Gasteiger partial charge in [0, 0.05) is 7.05 Å². The van der Waals surface area contributed by atoms with Gasteiger partial charge in [0.05, 0.1) is 0 Å².